The molecule has 0 radical (unpaired) electrons. The van der Waals surface area contributed by atoms with Gasteiger partial charge in [0.15, 0.2) is 0 Å². The van der Waals surface area contributed by atoms with Crippen molar-refractivity contribution in [2.24, 2.45) is 5.92 Å². The number of carbonyl (C=O) groups is 4. The van der Waals surface area contributed by atoms with Crippen LogP contribution in [0.15, 0.2) is 30.3 Å². The highest BCUT2D eigenvalue weighted by molar-refractivity contribution is 8.15. The van der Waals surface area contributed by atoms with Gasteiger partial charge in [0, 0.05) is 26.1 Å². The molecule has 0 aliphatic carbocycles. The van der Waals surface area contributed by atoms with Crippen LogP contribution >= 0.6 is 11.8 Å². The summed E-state index contributed by atoms with van der Waals surface area (Å²) < 4.78 is 6.07. The maximum Gasteiger partial charge on any atom is 0.286 e. The number of benzene rings is 1. The maximum absolute atomic E-state index is 12.8. The van der Waals surface area contributed by atoms with Gasteiger partial charge in [-0.05, 0) is 11.5 Å². The van der Waals surface area contributed by atoms with Crippen molar-refractivity contribution in [2.45, 2.75) is 38.2 Å². The number of nitrogens with one attached hydrogen (secondary N) is 1. The predicted molar refractivity (Wildman–Crippen MR) is 113 cm³/mol. The second-order valence-corrected chi connectivity index (χ2v) is 9.15. The first-order valence-corrected chi connectivity index (χ1v) is 10.9. The smallest absolute Gasteiger partial charge is 0.286 e. The van der Waals surface area contributed by atoms with Crippen LogP contribution in [-0.4, -0.2) is 70.3 Å². The van der Waals surface area contributed by atoms with Gasteiger partial charge in [-0.3, -0.25) is 24.5 Å². The van der Waals surface area contributed by atoms with E-state index in [0.29, 0.717) is 19.7 Å². The average molecular weight is 434 g/mol. The van der Waals surface area contributed by atoms with Gasteiger partial charge in [-0.15, -0.1) is 0 Å². The highest BCUT2D eigenvalue weighted by Gasteiger charge is 2.37. The molecular formula is C21H27N3O5S. The number of amides is 4. The number of thioether (sulfide) groups is 1. The molecule has 0 unspecified atom stereocenters. The lowest BCUT2D eigenvalue weighted by Crippen LogP contribution is -2.41. The van der Waals surface area contributed by atoms with Crippen molar-refractivity contribution in [3.63, 3.8) is 0 Å². The summed E-state index contributed by atoms with van der Waals surface area (Å²) in [5, 5.41) is 0.988. The van der Waals surface area contributed by atoms with E-state index < -0.39 is 16.4 Å². The third-order valence-electron chi connectivity index (χ3n) is 4.92. The summed E-state index contributed by atoms with van der Waals surface area (Å²) in [6.07, 6.45) is -0.462. The molecule has 1 N–H and O–H groups in total. The second kappa shape index (κ2) is 10.1. The molecule has 4 amide bonds. The van der Waals surface area contributed by atoms with Crippen LogP contribution in [0.2, 0.25) is 0 Å². The fraction of sp³-hybridized carbons (Fsp3) is 0.524. The van der Waals surface area contributed by atoms with Gasteiger partial charge in [0.1, 0.15) is 5.25 Å². The summed E-state index contributed by atoms with van der Waals surface area (Å²) in [6, 6.07) is 9.72. The Labute approximate surface area is 180 Å². The third kappa shape index (κ3) is 6.06. The Morgan fingerprint density at radius 2 is 1.93 bits per heavy atom. The van der Waals surface area contributed by atoms with Gasteiger partial charge in [0.2, 0.25) is 17.7 Å². The Hall–Kier alpha value is -2.39. The van der Waals surface area contributed by atoms with Crippen LogP contribution in [0.25, 0.3) is 0 Å². The van der Waals surface area contributed by atoms with Crippen molar-refractivity contribution >= 4 is 34.7 Å². The Bertz CT molecular complexity index is 801. The highest BCUT2D eigenvalue weighted by atomic mass is 32.2. The zero-order chi connectivity index (χ0) is 21.7. The predicted octanol–water partition coefficient (Wildman–Crippen LogP) is 1.64. The molecule has 0 aromatic heterocycles. The summed E-state index contributed by atoms with van der Waals surface area (Å²) in [7, 11) is 0. The van der Waals surface area contributed by atoms with E-state index in [2.05, 4.69) is 5.32 Å². The lowest BCUT2D eigenvalue weighted by Gasteiger charge is -2.26. The van der Waals surface area contributed by atoms with Crippen LogP contribution in [0.4, 0.5) is 4.79 Å². The van der Waals surface area contributed by atoms with Crippen LogP contribution in [0.5, 0.6) is 0 Å². The normalized spacial score (nSPS) is 22.4. The van der Waals surface area contributed by atoms with Crippen LogP contribution < -0.4 is 5.32 Å². The molecule has 2 fully saturated rings. The molecule has 8 nitrogen and oxygen atoms in total. The molecule has 2 aliphatic rings. The Balaban J connectivity index is 1.69. The monoisotopic (exact) mass is 433 g/mol. The van der Waals surface area contributed by atoms with E-state index in [1.54, 1.807) is 4.90 Å². The van der Waals surface area contributed by atoms with Gasteiger partial charge >= 0.3 is 0 Å². The second-order valence-electron chi connectivity index (χ2n) is 7.97. The molecule has 0 spiro atoms. The first kappa shape index (κ1) is 22.3. The standard InChI is InChI=1S/C21H27N3O5S/c1-14(2)9-23-10-16(29-13-15-6-4-3-5-7-15)11-24(12-19(23)26)18(25)8-17-20(27)22-21(28)30-17/h3-7,14,16-17H,8-13H2,1-2H3,(H,22,27,28)/t16-,17-/m1/s1. The SMILES string of the molecule is CC(C)CN1C[C@@H](OCc2ccccc2)CN(C(=O)C[C@H]2SC(=O)NC2=O)CC1=O. The van der Waals surface area contributed by atoms with Crippen LogP contribution in [0, 0.1) is 5.92 Å². The van der Waals surface area contributed by atoms with E-state index in [1.807, 2.05) is 44.2 Å². The molecule has 162 valence electrons. The molecule has 2 heterocycles. The summed E-state index contributed by atoms with van der Waals surface area (Å²) in [5.41, 5.74) is 1.01. The van der Waals surface area contributed by atoms with Crippen molar-refractivity contribution in [1.29, 1.82) is 0 Å². The molecule has 2 aliphatic heterocycles. The summed E-state index contributed by atoms with van der Waals surface area (Å²) in [4.78, 5) is 52.0. The number of carbonyl (C=O) groups excluding carboxylic acids is 4. The Morgan fingerprint density at radius 1 is 1.20 bits per heavy atom. The van der Waals surface area contributed by atoms with E-state index in [0.717, 1.165) is 17.3 Å². The summed E-state index contributed by atoms with van der Waals surface area (Å²) in [6.45, 7) is 5.66. The molecule has 2 atom stereocenters. The number of hydrogen-bond donors (Lipinski definition) is 1. The van der Waals surface area contributed by atoms with E-state index in [4.69, 9.17) is 4.74 Å². The molecule has 9 heteroatoms. The topological polar surface area (TPSA) is 96.0 Å². The van der Waals surface area contributed by atoms with Gasteiger partial charge in [-0.2, -0.15) is 0 Å². The van der Waals surface area contributed by atoms with E-state index in [9.17, 15) is 19.2 Å². The van der Waals surface area contributed by atoms with Gasteiger partial charge in [-0.25, -0.2) is 0 Å². The molecule has 1 aromatic carbocycles. The lowest BCUT2D eigenvalue weighted by atomic mass is 10.2. The van der Waals surface area contributed by atoms with Crippen molar-refractivity contribution in [2.75, 3.05) is 26.2 Å². The third-order valence-corrected chi connectivity index (χ3v) is 5.90. The number of rotatable bonds is 7. The zero-order valence-corrected chi connectivity index (χ0v) is 18.0. The zero-order valence-electron chi connectivity index (χ0n) is 17.2. The van der Waals surface area contributed by atoms with Crippen molar-refractivity contribution in [3.05, 3.63) is 35.9 Å². The van der Waals surface area contributed by atoms with Crippen molar-refractivity contribution in [1.82, 2.24) is 15.1 Å². The van der Waals surface area contributed by atoms with E-state index in [1.165, 1.54) is 4.90 Å². The van der Waals surface area contributed by atoms with Crippen LogP contribution in [-0.2, 0) is 25.7 Å². The van der Waals surface area contributed by atoms with E-state index >= 15 is 0 Å². The summed E-state index contributed by atoms with van der Waals surface area (Å²) in [5.74, 6) is -0.638. The largest absolute Gasteiger partial charge is 0.370 e. The minimum absolute atomic E-state index is 0.0519. The van der Waals surface area contributed by atoms with Gasteiger partial charge in [-0.1, -0.05) is 55.9 Å². The molecule has 0 bridgehead atoms. The maximum atomic E-state index is 12.8. The Morgan fingerprint density at radius 3 is 2.57 bits per heavy atom. The van der Waals surface area contributed by atoms with Crippen molar-refractivity contribution < 1.29 is 23.9 Å². The molecule has 2 saturated heterocycles. The fourth-order valence-corrected chi connectivity index (χ4v) is 4.30. The summed E-state index contributed by atoms with van der Waals surface area (Å²) >= 11 is 0.816. The number of imide groups is 1. The fourth-order valence-electron chi connectivity index (χ4n) is 3.50. The molecule has 3 rings (SSSR count). The molecule has 0 saturated carbocycles. The minimum Gasteiger partial charge on any atom is -0.370 e. The Kier molecular flexibility index (Phi) is 7.49. The number of hydrogen-bond acceptors (Lipinski definition) is 6. The van der Waals surface area contributed by atoms with Crippen molar-refractivity contribution in [3.8, 4) is 0 Å². The number of nitrogens with zero attached hydrogens (tertiary/aromatic N) is 2. The molecular weight excluding hydrogens is 406 g/mol. The van der Waals surface area contributed by atoms with Gasteiger partial charge in [0.05, 0.1) is 19.3 Å². The van der Waals surface area contributed by atoms with E-state index in [-0.39, 0.29) is 43.3 Å². The molecule has 1 aromatic rings. The highest BCUT2D eigenvalue weighted by Crippen LogP contribution is 2.23. The first-order valence-electron chi connectivity index (χ1n) is 10.0. The quantitative estimate of drug-likeness (QED) is 0.702. The van der Waals surface area contributed by atoms with Crippen LogP contribution in [0.3, 0.4) is 0 Å². The number of ether oxygens (including phenoxy) is 1. The first-order chi connectivity index (χ1) is 14.3. The molecule has 30 heavy (non-hydrogen) atoms. The van der Waals surface area contributed by atoms with Gasteiger partial charge in [0.25, 0.3) is 5.24 Å². The minimum atomic E-state index is -0.751. The average Bonchev–Trinajstić information content (AvgIpc) is 2.92. The lowest BCUT2D eigenvalue weighted by molar-refractivity contribution is -0.139. The van der Waals surface area contributed by atoms with Gasteiger partial charge < -0.3 is 14.5 Å². The van der Waals surface area contributed by atoms with Crippen LogP contribution in [0.1, 0.15) is 25.8 Å².